The molecule has 26 heavy (non-hydrogen) atoms. The molecule has 2 amide bonds. The van der Waals surface area contributed by atoms with E-state index in [2.05, 4.69) is 5.32 Å². The lowest BCUT2D eigenvalue weighted by Crippen LogP contribution is -2.41. The number of rotatable bonds is 2. The number of carbonyl (C=O) groups excluding carboxylic acids is 2. The molecule has 2 fully saturated rings. The van der Waals surface area contributed by atoms with Crippen molar-refractivity contribution in [2.75, 3.05) is 0 Å². The number of hydrogen-bond acceptors (Lipinski definition) is 5. The Balaban J connectivity index is 1.64. The minimum Gasteiger partial charge on any atom is -0.464 e. The maximum atomic E-state index is 12.2. The third-order valence-corrected chi connectivity index (χ3v) is 5.77. The summed E-state index contributed by atoms with van der Waals surface area (Å²) in [6.45, 7) is 8.05. The highest BCUT2D eigenvalue weighted by Gasteiger charge is 2.51. The predicted octanol–water partition coefficient (Wildman–Crippen LogP) is 2.25. The maximum Gasteiger partial charge on any atom is 0.494 e. The molecular weight excluding hydrogens is 333 g/mol. The zero-order chi connectivity index (χ0) is 18.7. The van der Waals surface area contributed by atoms with Gasteiger partial charge in [-0.25, -0.2) is 0 Å². The molecule has 1 aromatic heterocycles. The largest absolute Gasteiger partial charge is 0.494 e. The molecule has 3 heterocycles. The Morgan fingerprint density at radius 3 is 2.46 bits per heavy atom. The van der Waals surface area contributed by atoms with Crippen molar-refractivity contribution in [2.45, 2.75) is 57.7 Å². The van der Waals surface area contributed by atoms with Gasteiger partial charge >= 0.3 is 7.12 Å². The molecule has 2 aromatic rings. The van der Waals surface area contributed by atoms with Gasteiger partial charge in [-0.15, -0.1) is 0 Å². The summed E-state index contributed by atoms with van der Waals surface area (Å²) < 4.78 is 17.9. The molecule has 0 radical (unpaired) electrons. The van der Waals surface area contributed by atoms with Crippen LogP contribution in [-0.2, 0) is 18.9 Å². The Kier molecular flexibility index (Phi) is 3.79. The van der Waals surface area contributed by atoms with E-state index in [-0.39, 0.29) is 17.7 Å². The van der Waals surface area contributed by atoms with E-state index in [4.69, 9.17) is 13.7 Å². The van der Waals surface area contributed by atoms with E-state index in [1.807, 2.05) is 45.9 Å². The van der Waals surface area contributed by atoms with Gasteiger partial charge in [-0.1, -0.05) is 12.1 Å². The molecule has 6 nitrogen and oxygen atoms in total. The number of fused-ring (bicyclic) bond motifs is 1. The van der Waals surface area contributed by atoms with Crippen molar-refractivity contribution < 1.29 is 23.3 Å². The molecule has 2 saturated heterocycles. The van der Waals surface area contributed by atoms with Crippen molar-refractivity contribution >= 4 is 35.4 Å². The Hall–Kier alpha value is -2.12. The summed E-state index contributed by atoms with van der Waals surface area (Å²) in [6, 6.07) is 5.76. The van der Waals surface area contributed by atoms with E-state index >= 15 is 0 Å². The van der Waals surface area contributed by atoms with Crippen LogP contribution in [-0.4, -0.2) is 30.1 Å². The molecule has 4 rings (SSSR count). The van der Waals surface area contributed by atoms with Crippen molar-refractivity contribution in [3.63, 3.8) is 0 Å². The second kappa shape index (κ2) is 5.69. The minimum atomic E-state index is -0.464. The second-order valence-electron chi connectivity index (χ2n) is 8.04. The monoisotopic (exact) mass is 355 g/mol. The SMILES string of the molecule is CC1(C)OB(c2ccc3c(C4CCC(=O)NC4=O)coc3c2)OC1(C)C. The fourth-order valence-electron chi connectivity index (χ4n) is 3.45. The number of amides is 2. The molecule has 0 saturated carbocycles. The third kappa shape index (κ3) is 2.66. The highest BCUT2D eigenvalue weighted by molar-refractivity contribution is 6.62. The summed E-state index contributed by atoms with van der Waals surface area (Å²) >= 11 is 0. The average Bonchev–Trinajstić information content (AvgIpc) is 3.05. The molecule has 0 spiro atoms. The minimum absolute atomic E-state index is 0.220. The van der Waals surface area contributed by atoms with Crippen molar-refractivity contribution in [1.82, 2.24) is 5.32 Å². The van der Waals surface area contributed by atoms with Crippen LogP contribution in [0.15, 0.2) is 28.9 Å². The lowest BCUT2D eigenvalue weighted by Gasteiger charge is -2.32. The summed E-state index contributed by atoms with van der Waals surface area (Å²) in [5.41, 5.74) is 1.55. The molecule has 1 aromatic carbocycles. The van der Waals surface area contributed by atoms with E-state index in [0.29, 0.717) is 18.4 Å². The first kappa shape index (κ1) is 17.3. The van der Waals surface area contributed by atoms with Crippen LogP contribution in [0.3, 0.4) is 0 Å². The number of nitrogens with one attached hydrogen (secondary N) is 1. The smallest absolute Gasteiger partial charge is 0.464 e. The molecule has 0 aliphatic carbocycles. The van der Waals surface area contributed by atoms with Crippen LogP contribution in [0.4, 0.5) is 0 Å². The van der Waals surface area contributed by atoms with Gasteiger partial charge in [0.2, 0.25) is 11.8 Å². The number of benzene rings is 1. The lowest BCUT2D eigenvalue weighted by atomic mass is 9.78. The van der Waals surface area contributed by atoms with Crippen LogP contribution in [0.25, 0.3) is 11.0 Å². The van der Waals surface area contributed by atoms with E-state index in [1.54, 1.807) is 6.26 Å². The summed E-state index contributed by atoms with van der Waals surface area (Å²) in [7, 11) is -0.464. The van der Waals surface area contributed by atoms with E-state index in [1.165, 1.54) is 0 Å². The molecule has 136 valence electrons. The van der Waals surface area contributed by atoms with Gasteiger partial charge in [-0.2, -0.15) is 0 Å². The van der Waals surface area contributed by atoms with Crippen LogP contribution in [0, 0.1) is 0 Å². The summed E-state index contributed by atoms with van der Waals surface area (Å²) in [4.78, 5) is 23.5. The number of piperidine rings is 1. The van der Waals surface area contributed by atoms with Crippen LogP contribution in [0.5, 0.6) is 0 Å². The van der Waals surface area contributed by atoms with Gasteiger partial charge in [0, 0.05) is 17.4 Å². The zero-order valence-electron chi connectivity index (χ0n) is 15.4. The van der Waals surface area contributed by atoms with Crippen molar-refractivity contribution in [3.05, 3.63) is 30.0 Å². The second-order valence-corrected chi connectivity index (χ2v) is 8.04. The Labute approximate surface area is 152 Å². The average molecular weight is 355 g/mol. The van der Waals surface area contributed by atoms with Crippen molar-refractivity contribution in [2.24, 2.45) is 0 Å². The van der Waals surface area contributed by atoms with Crippen LogP contribution in [0.2, 0.25) is 0 Å². The Bertz CT molecular complexity index is 884. The maximum absolute atomic E-state index is 12.2. The van der Waals surface area contributed by atoms with Gasteiger partial charge < -0.3 is 13.7 Å². The topological polar surface area (TPSA) is 77.8 Å². The molecule has 1 N–H and O–H groups in total. The number of carbonyl (C=O) groups is 2. The first-order chi connectivity index (χ1) is 12.2. The lowest BCUT2D eigenvalue weighted by molar-refractivity contribution is -0.134. The highest BCUT2D eigenvalue weighted by Crippen LogP contribution is 2.37. The molecule has 2 aliphatic rings. The summed E-state index contributed by atoms with van der Waals surface area (Å²) in [5.74, 6) is -0.849. The molecule has 7 heteroatoms. The first-order valence-electron chi connectivity index (χ1n) is 8.88. The third-order valence-electron chi connectivity index (χ3n) is 5.77. The van der Waals surface area contributed by atoms with Gasteiger partial charge in [-0.05, 0) is 45.6 Å². The molecule has 2 aliphatic heterocycles. The van der Waals surface area contributed by atoms with Crippen molar-refractivity contribution in [1.29, 1.82) is 0 Å². The number of furan rings is 1. The summed E-state index contributed by atoms with van der Waals surface area (Å²) in [6.07, 6.45) is 2.45. The van der Waals surface area contributed by atoms with Gasteiger partial charge in [-0.3, -0.25) is 14.9 Å². The molecule has 1 unspecified atom stereocenters. The van der Waals surface area contributed by atoms with Gasteiger partial charge in [0.05, 0.1) is 23.4 Å². The Morgan fingerprint density at radius 1 is 1.12 bits per heavy atom. The van der Waals surface area contributed by atoms with E-state index < -0.39 is 18.3 Å². The number of imide groups is 1. The van der Waals surface area contributed by atoms with Crippen molar-refractivity contribution in [3.8, 4) is 0 Å². The zero-order valence-corrected chi connectivity index (χ0v) is 15.4. The first-order valence-corrected chi connectivity index (χ1v) is 8.88. The Morgan fingerprint density at radius 2 is 1.81 bits per heavy atom. The van der Waals surface area contributed by atoms with Crippen LogP contribution < -0.4 is 10.8 Å². The van der Waals surface area contributed by atoms with E-state index in [9.17, 15) is 9.59 Å². The van der Waals surface area contributed by atoms with Gasteiger partial charge in [0.15, 0.2) is 0 Å². The van der Waals surface area contributed by atoms with Crippen LogP contribution in [0.1, 0.15) is 52.0 Å². The predicted molar refractivity (Wildman–Crippen MR) is 97.1 cm³/mol. The standard InChI is InChI=1S/C19H22BNO5/c1-18(2)19(3,4)26-20(25-18)11-5-6-12-14(10-24-15(12)9-11)13-7-8-16(22)21-17(13)23/h5-6,9-10,13H,7-8H2,1-4H3,(H,21,22,23). The summed E-state index contributed by atoms with van der Waals surface area (Å²) in [5, 5.41) is 3.27. The molecule has 0 bridgehead atoms. The molecule has 1 atom stereocenters. The highest BCUT2D eigenvalue weighted by atomic mass is 16.7. The van der Waals surface area contributed by atoms with Crippen LogP contribution >= 0.6 is 0 Å². The molecular formula is C19H22BNO5. The number of hydrogen-bond donors (Lipinski definition) is 1. The van der Waals surface area contributed by atoms with E-state index in [0.717, 1.165) is 16.4 Å². The normalized spacial score (nSPS) is 24.9. The van der Waals surface area contributed by atoms with Gasteiger partial charge in [0.25, 0.3) is 0 Å². The van der Waals surface area contributed by atoms with Gasteiger partial charge in [0.1, 0.15) is 5.58 Å². The fraction of sp³-hybridized carbons (Fsp3) is 0.474. The quantitative estimate of drug-likeness (QED) is 0.661. The fourth-order valence-corrected chi connectivity index (χ4v) is 3.45.